The van der Waals surface area contributed by atoms with Crippen LogP contribution in [0.2, 0.25) is 0 Å². The number of amides is 1. The molecule has 2 aliphatic rings. The molecule has 1 fully saturated rings. The lowest BCUT2D eigenvalue weighted by Gasteiger charge is -2.33. The molecule has 1 aromatic heterocycles. The summed E-state index contributed by atoms with van der Waals surface area (Å²) in [6, 6.07) is 0.528. The Morgan fingerprint density at radius 2 is 2.36 bits per heavy atom. The molecule has 2 aliphatic heterocycles. The third-order valence-electron chi connectivity index (χ3n) is 4.89. The highest BCUT2D eigenvalue weighted by Gasteiger charge is 2.46. The van der Waals surface area contributed by atoms with Gasteiger partial charge in [-0.15, -0.1) is 0 Å². The number of hydrogen-bond acceptors (Lipinski definition) is 4. The SMILES string of the molecule is CCCNC(=O)c1n[nH]c2c1COC[C@]21CCN(C(C)C)C1. The number of nitrogens with one attached hydrogen (secondary N) is 2. The van der Waals surface area contributed by atoms with Crippen molar-refractivity contribution >= 4 is 5.91 Å². The summed E-state index contributed by atoms with van der Waals surface area (Å²) in [5, 5.41) is 10.4. The summed E-state index contributed by atoms with van der Waals surface area (Å²) < 4.78 is 5.85. The normalized spacial score (nSPS) is 24.9. The number of aromatic nitrogens is 2. The van der Waals surface area contributed by atoms with Crippen molar-refractivity contribution in [3.63, 3.8) is 0 Å². The second kappa shape index (κ2) is 6.01. The molecule has 0 unspecified atom stereocenters. The molecule has 0 saturated carbocycles. The molecule has 22 heavy (non-hydrogen) atoms. The van der Waals surface area contributed by atoms with Crippen LogP contribution in [0.5, 0.6) is 0 Å². The topological polar surface area (TPSA) is 70.2 Å². The van der Waals surface area contributed by atoms with E-state index < -0.39 is 0 Å². The monoisotopic (exact) mass is 306 g/mol. The first-order chi connectivity index (χ1) is 10.6. The van der Waals surface area contributed by atoms with Gasteiger partial charge in [0.2, 0.25) is 0 Å². The molecule has 1 spiro atoms. The van der Waals surface area contributed by atoms with E-state index in [2.05, 4.69) is 34.3 Å². The van der Waals surface area contributed by atoms with Gasteiger partial charge in [0, 0.05) is 30.1 Å². The van der Waals surface area contributed by atoms with Crippen LogP contribution in [0.4, 0.5) is 0 Å². The van der Waals surface area contributed by atoms with Crippen LogP contribution in [0.25, 0.3) is 0 Å². The summed E-state index contributed by atoms with van der Waals surface area (Å²) >= 11 is 0. The van der Waals surface area contributed by atoms with Crippen LogP contribution < -0.4 is 5.32 Å². The Morgan fingerprint density at radius 3 is 3.05 bits per heavy atom. The zero-order chi connectivity index (χ0) is 15.7. The Hall–Kier alpha value is -1.40. The minimum atomic E-state index is -0.0984. The van der Waals surface area contributed by atoms with Crippen LogP contribution in [0, 0.1) is 0 Å². The predicted octanol–water partition coefficient (Wildman–Crippen LogP) is 1.43. The van der Waals surface area contributed by atoms with Crippen LogP contribution in [-0.2, 0) is 16.8 Å². The summed E-state index contributed by atoms with van der Waals surface area (Å²) in [5.41, 5.74) is 2.54. The number of fused-ring (bicyclic) bond motifs is 2. The van der Waals surface area contributed by atoms with Crippen molar-refractivity contribution in [3.8, 4) is 0 Å². The van der Waals surface area contributed by atoms with Crippen LogP contribution in [-0.4, -0.2) is 53.3 Å². The van der Waals surface area contributed by atoms with Crippen molar-refractivity contribution in [2.24, 2.45) is 0 Å². The van der Waals surface area contributed by atoms with E-state index in [4.69, 9.17) is 4.74 Å². The molecule has 6 heteroatoms. The number of carbonyl (C=O) groups is 1. The highest BCUT2D eigenvalue weighted by molar-refractivity contribution is 5.94. The number of aromatic amines is 1. The molecule has 3 rings (SSSR count). The number of rotatable bonds is 4. The summed E-state index contributed by atoms with van der Waals surface area (Å²) in [7, 11) is 0. The summed E-state index contributed by atoms with van der Waals surface area (Å²) in [6.07, 6.45) is 1.97. The fourth-order valence-corrected chi connectivity index (χ4v) is 3.54. The van der Waals surface area contributed by atoms with Gasteiger partial charge in [0.15, 0.2) is 5.69 Å². The number of likely N-dealkylation sites (tertiary alicyclic amines) is 1. The maximum absolute atomic E-state index is 12.3. The van der Waals surface area contributed by atoms with E-state index in [1.54, 1.807) is 0 Å². The summed E-state index contributed by atoms with van der Waals surface area (Å²) in [5.74, 6) is -0.0984. The lowest BCUT2D eigenvalue weighted by atomic mass is 9.80. The molecule has 0 aromatic carbocycles. The number of ether oxygens (including phenoxy) is 1. The lowest BCUT2D eigenvalue weighted by molar-refractivity contribution is 0.0499. The molecular weight excluding hydrogens is 280 g/mol. The van der Waals surface area contributed by atoms with Gasteiger partial charge in [-0.3, -0.25) is 14.8 Å². The first-order valence-corrected chi connectivity index (χ1v) is 8.25. The Morgan fingerprint density at radius 1 is 1.55 bits per heavy atom. The average Bonchev–Trinajstić information content (AvgIpc) is 3.11. The Kier molecular flexibility index (Phi) is 4.23. The van der Waals surface area contributed by atoms with Crippen molar-refractivity contribution in [2.45, 2.75) is 51.7 Å². The highest BCUT2D eigenvalue weighted by atomic mass is 16.5. The van der Waals surface area contributed by atoms with Gasteiger partial charge in [-0.05, 0) is 33.2 Å². The third kappa shape index (κ3) is 2.54. The van der Waals surface area contributed by atoms with E-state index in [-0.39, 0.29) is 11.3 Å². The zero-order valence-corrected chi connectivity index (χ0v) is 13.7. The van der Waals surface area contributed by atoms with Crippen LogP contribution >= 0.6 is 0 Å². The highest BCUT2D eigenvalue weighted by Crippen LogP contribution is 2.40. The molecule has 3 heterocycles. The van der Waals surface area contributed by atoms with Gasteiger partial charge < -0.3 is 10.1 Å². The van der Waals surface area contributed by atoms with Gasteiger partial charge in [0.1, 0.15) is 0 Å². The molecule has 1 amide bonds. The number of hydrogen-bond donors (Lipinski definition) is 2. The quantitative estimate of drug-likeness (QED) is 0.883. The molecule has 0 aliphatic carbocycles. The molecule has 2 N–H and O–H groups in total. The fraction of sp³-hybridized carbons (Fsp3) is 0.750. The Labute approximate surface area is 131 Å². The van der Waals surface area contributed by atoms with Crippen LogP contribution in [0.15, 0.2) is 0 Å². The van der Waals surface area contributed by atoms with Crippen molar-refractivity contribution in [3.05, 3.63) is 17.0 Å². The predicted molar refractivity (Wildman–Crippen MR) is 83.9 cm³/mol. The van der Waals surface area contributed by atoms with Gasteiger partial charge in [-0.2, -0.15) is 5.10 Å². The molecule has 0 bridgehead atoms. The number of nitrogens with zero attached hydrogens (tertiary/aromatic N) is 2. The van der Waals surface area contributed by atoms with E-state index in [1.165, 1.54) is 0 Å². The minimum Gasteiger partial charge on any atom is -0.376 e. The van der Waals surface area contributed by atoms with Gasteiger partial charge in [-0.25, -0.2) is 0 Å². The van der Waals surface area contributed by atoms with Crippen molar-refractivity contribution in [2.75, 3.05) is 26.2 Å². The molecule has 122 valence electrons. The fourth-order valence-electron chi connectivity index (χ4n) is 3.54. The lowest BCUT2D eigenvalue weighted by Crippen LogP contribution is -2.41. The Balaban J connectivity index is 1.86. The van der Waals surface area contributed by atoms with Crippen molar-refractivity contribution in [1.29, 1.82) is 0 Å². The largest absolute Gasteiger partial charge is 0.376 e. The van der Waals surface area contributed by atoms with Gasteiger partial charge in [-0.1, -0.05) is 6.92 Å². The second-order valence-electron chi connectivity index (χ2n) is 6.77. The first kappa shape index (κ1) is 15.5. The van der Waals surface area contributed by atoms with Gasteiger partial charge >= 0.3 is 0 Å². The smallest absolute Gasteiger partial charge is 0.272 e. The van der Waals surface area contributed by atoms with E-state index in [0.717, 1.165) is 37.2 Å². The third-order valence-corrected chi connectivity index (χ3v) is 4.89. The zero-order valence-electron chi connectivity index (χ0n) is 13.7. The average molecular weight is 306 g/mol. The second-order valence-corrected chi connectivity index (χ2v) is 6.77. The molecule has 1 aromatic rings. The number of H-pyrrole nitrogens is 1. The van der Waals surface area contributed by atoms with Crippen molar-refractivity contribution < 1.29 is 9.53 Å². The van der Waals surface area contributed by atoms with E-state index in [1.807, 2.05) is 6.92 Å². The standard InChI is InChI=1S/C16H26N4O2/c1-4-6-17-15(21)13-12-8-22-10-16(14(12)19-18-13)5-7-20(9-16)11(2)3/h11H,4-10H2,1-3H3,(H,17,21)(H,18,19)/t16-/m1/s1. The molecule has 1 atom stereocenters. The Bertz CT molecular complexity index is 554. The van der Waals surface area contributed by atoms with Gasteiger partial charge in [0.05, 0.1) is 18.9 Å². The van der Waals surface area contributed by atoms with Gasteiger partial charge in [0.25, 0.3) is 5.91 Å². The van der Waals surface area contributed by atoms with E-state index in [9.17, 15) is 4.79 Å². The summed E-state index contributed by atoms with van der Waals surface area (Å²) in [6.45, 7) is 10.4. The molecule has 6 nitrogen and oxygen atoms in total. The van der Waals surface area contributed by atoms with Crippen molar-refractivity contribution in [1.82, 2.24) is 20.4 Å². The first-order valence-electron chi connectivity index (χ1n) is 8.25. The molecular formula is C16H26N4O2. The molecule has 1 saturated heterocycles. The van der Waals surface area contributed by atoms with Crippen LogP contribution in [0.1, 0.15) is 55.4 Å². The number of carbonyl (C=O) groups excluding carboxylic acids is 1. The minimum absolute atomic E-state index is 0.0336. The molecule has 0 radical (unpaired) electrons. The van der Waals surface area contributed by atoms with E-state index in [0.29, 0.717) is 31.5 Å². The maximum Gasteiger partial charge on any atom is 0.272 e. The maximum atomic E-state index is 12.3. The summed E-state index contributed by atoms with van der Waals surface area (Å²) in [4.78, 5) is 14.7. The van der Waals surface area contributed by atoms with Crippen LogP contribution in [0.3, 0.4) is 0 Å². The van der Waals surface area contributed by atoms with E-state index >= 15 is 0 Å².